The Hall–Kier alpha value is -1.17. The summed E-state index contributed by atoms with van der Waals surface area (Å²) in [5.41, 5.74) is 7.72. The highest BCUT2D eigenvalue weighted by atomic mass is 79.9. The van der Waals surface area contributed by atoms with Gasteiger partial charge in [0.1, 0.15) is 0 Å². The largest absolute Gasteiger partial charge is 0.271 e. The monoisotopic (exact) mass is 336 g/mol. The molecule has 1 aromatic carbocycles. The second kappa shape index (κ2) is 6.52. The molecule has 0 spiro atoms. The first-order valence-corrected chi connectivity index (χ1v) is 7.62. The van der Waals surface area contributed by atoms with E-state index < -0.39 is 0 Å². The highest BCUT2D eigenvalue weighted by Crippen LogP contribution is 2.30. The molecule has 108 valence electrons. The predicted octanol–water partition coefficient (Wildman–Crippen LogP) is 3.23. The van der Waals surface area contributed by atoms with Crippen LogP contribution in [0.1, 0.15) is 41.8 Å². The van der Waals surface area contributed by atoms with Crippen molar-refractivity contribution >= 4 is 15.9 Å². The van der Waals surface area contributed by atoms with Crippen LogP contribution in [0.15, 0.2) is 28.9 Å². The normalized spacial score (nSPS) is 12.7. The first kappa shape index (κ1) is 15.2. The van der Waals surface area contributed by atoms with E-state index in [1.54, 1.807) is 0 Å². The number of benzene rings is 1. The van der Waals surface area contributed by atoms with Gasteiger partial charge in [-0.25, -0.2) is 5.43 Å². The average Bonchev–Trinajstić information content (AvgIpc) is 2.78. The number of nitrogens with two attached hydrogens (primary N) is 1. The molecule has 4 nitrogen and oxygen atoms in total. The second-order valence-corrected chi connectivity index (χ2v) is 5.84. The highest BCUT2D eigenvalue weighted by Gasteiger charge is 2.22. The van der Waals surface area contributed by atoms with Crippen molar-refractivity contribution < 1.29 is 0 Å². The van der Waals surface area contributed by atoms with E-state index in [1.165, 1.54) is 16.7 Å². The Morgan fingerprint density at radius 2 is 2.15 bits per heavy atom. The van der Waals surface area contributed by atoms with Crippen molar-refractivity contribution in [1.29, 1.82) is 0 Å². The molecule has 0 aliphatic rings. The van der Waals surface area contributed by atoms with Crippen LogP contribution in [0.25, 0.3) is 0 Å². The van der Waals surface area contributed by atoms with Crippen LogP contribution < -0.4 is 11.3 Å². The number of rotatable bonds is 5. The fourth-order valence-corrected chi connectivity index (χ4v) is 2.98. The van der Waals surface area contributed by atoms with E-state index in [4.69, 9.17) is 5.84 Å². The van der Waals surface area contributed by atoms with Crippen LogP contribution in [-0.2, 0) is 6.54 Å². The summed E-state index contributed by atoms with van der Waals surface area (Å²) >= 11 is 3.59. The molecule has 0 aliphatic heterocycles. The molecule has 3 N–H and O–H groups in total. The van der Waals surface area contributed by atoms with Crippen molar-refractivity contribution in [3.8, 4) is 0 Å². The summed E-state index contributed by atoms with van der Waals surface area (Å²) < 4.78 is 2.99. The van der Waals surface area contributed by atoms with E-state index in [-0.39, 0.29) is 6.04 Å². The minimum absolute atomic E-state index is 0.0710. The van der Waals surface area contributed by atoms with Gasteiger partial charge in [-0.3, -0.25) is 10.5 Å². The van der Waals surface area contributed by atoms with E-state index >= 15 is 0 Å². The third-order valence-corrected chi connectivity index (χ3v) is 4.28. The summed E-state index contributed by atoms with van der Waals surface area (Å²) in [6.07, 6.45) is 2.87. The van der Waals surface area contributed by atoms with Gasteiger partial charge in [0.25, 0.3) is 0 Å². The number of nitrogens with zero attached hydrogens (tertiary/aromatic N) is 2. The number of hydrogen-bond acceptors (Lipinski definition) is 3. The molecular weight excluding hydrogens is 316 g/mol. The summed E-state index contributed by atoms with van der Waals surface area (Å²) in [5.74, 6) is 5.84. The molecule has 2 rings (SSSR count). The Labute approximate surface area is 128 Å². The molecule has 1 unspecified atom stereocenters. The smallest absolute Gasteiger partial charge is 0.0892 e. The third kappa shape index (κ3) is 2.80. The van der Waals surface area contributed by atoms with Crippen molar-refractivity contribution in [2.75, 3.05) is 0 Å². The first-order valence-electron chi connectivity index (χ1n) is 6.83. The zero-order chi connectivity index (χ0) is 14.7. The maximum atomic E-state index is 5.84. The van der Waals surface area contributed by atoms with E-state index in [0.29, 0.717) is 0 Å². The molecule has 0 saturated carbocycles. The Balaban J connectivity index is 2.52. The van der Waals surface area contributed by atoms with Crippen LogP contribution in [0, 0.1) is 13.8 Å². The van der Waals surface area contributed by atoms with Gasteiger partial charge in [-0.2, -0.15) is 5.10 Å². The predicted molar refractivity (Wildman–Crippen MR) is 85.3 cm³/mol. The Morgan fingerprint density at radius 3 is 2.80 bits per heavy atom. The Morgan fingerprint density at radius 1 is 1.40 bits per heavy atom. The van der Waals surface area contributed by atoms with E-state index in [1.807, 2.05) is 10.9 Å². The van der Waals surface area contributed by atoms with Crippen LogP contribution in [-0.4, -0.2) is 9.78 Å². The molecule has 1 atom stereocenters. The van der Waals surface area contributed by atoms with Gasteiger partial charge in [0.2, 0.25) is 0 Å². The molecule has 1 aromatic heterocycles. The standard InChI is InChI=1S/C15H21BrN4/c1-4-8-20-15(13(16)9-18-20)14(19-17)12-7-5-6-10(2)11(12)3/h5-7,9,14,19H,4,8,17H2,1-3H3. The van der Waals surface area contributed by atoms with E-state index in [2.05, 4.69) is 65.4 Å². The summed E-state index contributed by atoms with van der Waals surface area (Å²) in [5, 5.41) is 4.43. The van der Waals surface area contributed by atoms with Gasteiger partial charge in [-0.15, -0.1) is 0 Å². The lowest BCUT2D eigenvalue weighted by Gasteiger charge is -2.21. The van der Waals surface area contributed by atoms with E-state index in [9.17, 15) is 0 Å². The van der Waals surface area contributed by atoms with Crippen molar-refractivity contribution in [3.63, 3.8) is 0 Å². The fourth-order valence-electron chi connectivity index (χ4n) is 2.45. The summed E-state index contributed by atoms with van der Waals surface area (Å²) in [4.78, 5) is 0. The number of nitrogens with one attached hydrogen (secondary N) is 1. The van der Waals surface area contributed by atoms with Gasteiger partial charge in [0, 0.05) is 6.54 Å². The molecule has 1 heterocycles. The van der Waals surface area contributed by atoms with Gasteiger partial charge in [-0.1, -0.05) is 25.1 Å². The molecule has 0 aliphatic carbocycles. The van der Waals surface area contributed by atoms with Crippen molar-refractivity contribution in [2.24, 2.45) is 5.84 Å². The fraction of sp³-hybridized carbons (Fsp3) is 0.400. The zero-order valence-electron chi connectivity index (χ0n) is 12.2. The molecule has 2 aromatic rings. The van der Waals surface area contributed by atoms with Gasteiger partial charge in [0.15, 0.2) is 0 Å². The molecule has 0 amide bonds. The molecule has 20 heavy (non-hydrogen) atoms. The van der Waals surface area contributed by atoms with Crippen LogP contribution in [0.4, 0.5) is 0 Å². The number of aryl methyl sites for hydroxylation is 2. The Bertz CT molecular complexity index is 592. The highest BCUT2D eigenvalue weighted by molar-refractivity contribution is 9.10. The third-order valence-electron chi connectivity index (χ3n) is 3.67. The van der Waals surface area contributed by atoms with Crippen molar-refractivity contribution in [1.82, 2.24) is 15.2 Å². The van der Waals surface area contributed by atoms with Crippen molar-refractivity contribution in [3.05, 3.63) is 51.3 Å². The molecular formula is C15H21BrN4. The molecule has 0 fully saturated rings. The molecule has 0 bridgehead atoms. The van der Waals surface area contributed by atoms with Crippen LogP contribution in [0.2, 0.25) is 0 Å². The maximum absolute atomic E-state index is 5.84. The Kier molecular flexibility index (Phi) is 4.96. The number of halogens is 1. The lowest BCUT2D eigenvalue weighted by Crippen LogP contribution is -2.31. The lowest BCUT2D eigenvalue weighted by atomic mass is 9.96. The SMILES string of the molecule is CCCn1ncc(Br)c1C(NN)c1cccc(C)c1C. The lowest BCUT2D eigenvalue weighted by molar-refractivity contribution is 0.518. The average molecular weight is 337 g/mol. The number of aromatic nitrogens is 2. The van der Waals surface area contributed by atoms with E-state index in [0.717, 1.165) is 23.1 Å². The summed E-state index contributed by atoms with van der Waals surface area (Å²) in [6, 6.07) is 6.22. The van der Waals surface area contributed by atoms with Gasteiger partial charge in [0.05, 0.1) is 22.4 Å². The van der Waals surface area contributed by atoms with Crippen LogP contribution >= 0.6 is 15.9 Å². The minimum atomic E-state index is -0.0710. The van der Waals surface area contributed by atoms with Gasteiger partial charge in [-0.05, 0) is 52.9 Å². The summed E-state index contributed by atoms with van der Waals surface area (Å²) in [7, 11) is 0. The van der Waals surface area contributed by atoms with Crippen LogP contribution in [0.5, 0.6) is 0 Å². The van der Waals surface area contributed by atoms with Crippen molar-refractivity contribution in [2.45, 2.75) is 39.8 Å². The second-order valence-electron chi connectivity index (χ2n) is 4.99. The van der Waals surface area contributed by atoms with Gasteiger partial charge < -0.3 is 0 Å². The minimum Gasteiger partial charge on any atom is -0.271 e. The molecule has 5 heteroatoms. The molecule has 0 radical (unpaired) electrons. The topological polar surface area (TPSA) is 55.9 Å². The quantitative estimate of drug-likeness (QED) is 0.651. The number of hydrazine groups is 1. The zero-order valence-corrected chi connectivity index (χ0v) is 13.7. The maximum Gasteiger partial charge on any atom is 0.0892 e. The van der Waals surface area contributed by atoms with Gasteiger partial charge >= 0.3 is 0 Å². The molecule has 0 saturated heterocycles. The first-order chi connectivity index (χ1) is 9.60. The summed E-state index contributed by atoms with van der Waals surface area (Å²) in [6.45, 7) is 7.26. The number of hydrogen-bond donors (Lipinski definition) is 2. The van der Waals surface area contributed by atoms with Crippen LogP contribution in [0.3, 0.4) is 0 Å².